The fraction of sp³-hybridized carbons (Fsp3) is 0.227. The highest BCUT2D eigenvalue weighted by molar-refractivity contribution is 5.91. The van der Waals surface area contributed by atoms with Crippen molar-refractivity contribution in [1.82, 2.24) is 9.97 Å². The van der Waals surface area contributed by atoms with E-state index in [9.17, 15) is 4.79 Å². The van der Waals surface area contributed by atoms with Gasteiger partial charge in [0.25, 0.3) is 0 Å². The molecule has 3 N–H and O–H groups in total. The molecule has 0 saturated carbocycles. The highest BCUT2D eigenvalue weighted by atomic mass is 16.5. The summed E-state index contributed by atoms with van der Waals surface area (Å²) in [6.45, 7) is 5.07. The first-order valence-electron chi connectivity index (χ1n) is 9.50. The first-order chi connectivity index (χ1) is 14.1. The molecule has 1 heterocycles. The Bertz CT molecular complexity index is 930. The fourth-order valence-corrected chi connectivity index (χ4v) is 2.72. The zero-order valence-electron chi connectivity index (χ0n) is 16.6. The van der Waals surface area contributed by atoms with E-state index in [2.05, 4.69) is 25.9 Å². The zero-order chi connectivity index (χ0) is 20.5. The van der Waals surface area contributed by atoms with Gasteiger partial charge in [0, 0.05) is 24.0 Å². The molecule has 0 bridgehead atoms. The van der Waals surface area contributed by atoms with Crippen LogP contribution in [0.3, 0.4) is 0 Å². The maximum absolute atomic E-state index is 12.0. The average Bonchev–Trinajstić information content (AvgIpc) is 2.70. The maximum atomic E-state index is 12.0. The molecule has 0 saturated heterocycles. The molecule has 0 aliphatic carbocycles. The second kappa shape index (κ2) is 10.2. The molecule has 0 atom stereocenters. The van der Waals surface area contributed by atoms with Crippen LogP contribution in [-0.2, 0) is 16.1 Å². The van der Waals surface area contributed by atoms with Gasteiger partial charge in [0.15, 0.2) is 0 Å². The molecule has 3 rings (SSSR count). The van der Waals surface area contributed by atoms with Gasteiger partial charge in [0.05, 0.1) is 6.61 Å². The summed E-state index contributed by atoms with van der Waals surface area (Å²) in [5, 5.41) is 9.26. The molecule has 29 heavy (non-hydrogen) atoms. The zero-order valence-corrected chi connectivity index (χ0v) is 16.6. The summed E-state index contributed by atoms with van der Waals surface area (Å²) in [5.74, 6) is 1.98. The van der Waals surface area contributed by atoms with Crippen LogP contribution in [0.25, 0.3) is 0 Å². The van der Waals surface area contributed by atoms with Crippen molar-refractivity contribution in [3.63, 3.8) is 0 Å². The fourth-order valence-electron chi connectivity index (χ4n) is 2.72. The number of aromatic nitrogens is 2. The molecular formula is C22H25N5O2. The van der Waals surface area contributed by atoms with E-state index >= 15 is 0 Å². The minimum Gasteiger partial charge on any atom is -0.370 e. The van der Waals surface area contributed by atoms with Gasteiger partial charge in [-0.2, -0.15) is 0 Å². The minimum atomic E-state index is -0.191. The number of hydrogen-bond donors (Lipinski definition) is 3. The second-order valence-corrected chi connectivity index (χ2v) is 6.44. The van der Waals surface area contributed by atoms with Crippen LogP contribution in [0.5, 0.6) is 0 Å². The summed E-state index contributed by atoms with van der Waals surface area (Å²) in [6, 6.07) is 19.0. The Labute approximate surface area is 170 Å². The van der Waals surface area contributed by atoms with Crippen molar-refractivity contribution >= 4 is 28.9 Å². The molecule has 0 aliphatic rings. The van der Waals surface area contributed by atoms with Crippen LogP contribution < -0.4 is 16.0 Å². The molecule has 1 amide bonds. The lowest BCUT2D eigenvalue weighted by Gasteiger charge is -2.10. The van der Waals surface area contributed by atoms with Crippen LogP contribution in [-0.4, -0.2) is 29.0 Å². The Morgan fingerprint density at radius 3 is 2.38 bits per heavy atom. The van der Waals surface area contributed by atoms with Crippen LogP contribution in [0.2, 0.25) is 0 Å². The van der Waals surface area contributed by atoms with Crippen molar-refractivity contribution in [1.29, 1.82) is 0 Å². The topological polar surface area (TPSA) is 88.2 Å². The number of anilines is 4. The number of nitrogens with one attached hydrogen (secondary N) is 3. The van der Waals surface area contributed by atoms with E-state index in [1.54, 1.807) is 0 Å². The van der Waals surface area contributed by atoms with Gasteiger partial charge in [-0.05, 0) is 43.7 Å². The highest BCUT2D eigenvalue weighted by Crippen LogP contribution is 2.19. The number of carbonyl (C=O) groups excluding carboxylic acids is 1. The third-order valence-corrected chi connectivity index (χ3v) is 3.98. The first-order valence-corrected chi connectivity index (χ1v) is 9.50. The van der Waals surface area contributed by atoms with Gasteiger partial charge in [-0.25, -0.2) is 9.97 Å². The summed E-state index contributed by atoms with van der Waals surface area (Å²) >= 11 is 0. The van der Waals surface area contributed by atoms with E-state index in [0.29, 0.717) is 23.9 Å². The Hall–Kier alpha value is -3.45. The summed E-state index contributed by atoms with van der Waals surface area (Å²) in [7, 11) is 0. The third kappa shape index (κ3) is 6.58. The van der Waals surface area contributed by atoms with Gasteiger partial charge in [0.1, 0.15) is 24.1 Å². The van der Waals surface area contributed by atoms with Crippen LogP contribution in [0, 0.1) is 6.92 Å². The van der Waals surface area contributed by atoms with E-state index in [4.69, 9.17) is 4.74 Å². The lowest BCUT2D eigenvalue weighted by Crippen LogP contribution is -2.18. The van der Waals surface area contributed by atoms with E-state index in [1.165, 1.54) is 0 Å². The number of carbonyl (C=O) groups is 1. The molecule has 0 unspecified atom stereocenters. The maximum Gasteiger partial charge on any atom is 0.250 e. The number of aryl methyl sites for hydroxylation is 1. The molecule has 1 aromatic heterocycles. The minimum absolute atomic E-state index is 0.00229. The van der Waals surface area contributed by atoms with Crippen molar-refractivity contribution in [3.05, 3.63) is 72.1 Å². The quantitative estimate of drug-likeness (QED) is 0.509. The van der Waals surface area contributed by atoms with Crippen molar-refractivity contribution in [2.75, 3.05) is 29.1 Å². The summed E-state index contributed by atoms with van der Waals surface area (Å²) in [6.07, 6.45) is 0. The Morgan fingerprint density at radius 1 is 0.966 bits per heavy atom. The van der Waals surface area contributed by atoms with Crippen LogP contribution >= 0.6 is 0 Å². The van der Waals surface area contributed by atoms with Crippen LogP contribution in [0.4, 0.5) is 23.0 Å². The normalized spacial score (nSPS) is 10.4. The van der Waals surface area contributed by atoms with Crippen molar-refractivity contribution < 1.29 is 9.53 Å². The molecule has 3 aromatic rings. The molecule has 0 aliphatic heterocycles. The summed E-state index contributed by atoms with van der Waals surface area (Å²) in [4.78, 5) is 20.8. The van der Waals surface area contributed by atoms with E-state index in [0.717, 1.165) is 23.6 Å². The number of amides is 1. The number of rotatable bonds is 9. The second-order valence-electron chi connectivity index (χ2n) is 6.44. The lowest BCUT2D eigenvalue weighted by molar-refractivity contribution is -0.121. The lowest BCUT2D eigenvalue weighted by atomic mass is 10.2. The van der Waals surface area contributed by atoms with Gasteiger partial charge in [-0.15, -0.1) is 0 Å². The molecule has 0 spiro atoms. The smallest absolute Gasteiger partial charge is 0.250 e. The third-order valence-electron chi connectivity index (χ3n) is 3.98. The molecular weight excluding hydrogens is 366 g/mol. The van der Waals surface area contributed by atoms with Gasteiger partial charge in [-0.1, -0.05) is 30.3 Å². The Morgan fingerprint density at radius 2 is 1.66 bits per heavy atom. The van der Waals surface area contributed by atoms with Gasteiger partial charge >= 0.3 is 0 Å². The number of hydrogen-bond acceptors (Lipinski definition) is 6. The number of benzene rings is 2. The van der Waals surface area contributed by atoms with E-state index in [1.807, 2.05) is 74.5 Å². The van der Waals surface area contributed by atoms with Gasteiger partial charge in [-0.3, -0.25) is 4.79 Å². The molecule has 150 valence electrons. The van der Waals surface area contributed by atoms with Gasteiger partial charge < -0.3 is 20.7 Å². The molecule has 7 heteroatoms. The average molecular weight is 391 g/mol. The number of nitrogens with zero attached hydrogens (tertiary/aromatic N) is 2. The molecule has 2 aromatic carbocycles. The van der Waals surface area contributed by atoms with Crippen molar-refractivity contribution in [2.45, 2.75) is 20.5 Å². The van der Waals surface area contributed by atoms with Crippen LogP contribution in [0.1, 0.15) is 18.3 Å². The van der Waals surface area contributed by atoms with Gasteiger partial charge in [0.2, 0.25) is 5.91 Å². The van der Waals surface area contributed by atoms with E-state index in [-0.39, 0.29) is 12.5 Å². The molecule has 0 fully saturated rings. The monoisotopic (exact) mass is 391 g/mol. The SMILES string of the molecule is CCNc1cc(Nc2ccc(NC(=O)COCc3ccccc3)cc2)nc(C)n1. The van der Waals surface area contributed by atoms with Crippen LogP contribution in [0.15, 0.2) is 60.7 Å². The predicted molar refractivity (Wildman–Crippen MR) is 115 cm³/mol. The van der Waals surface area contributed by atoms with E-state index < -0.39 is 0 Å². The Balaban J connectivity index is 1.50. The first kappa shape index (κ1) is 20.3. The predicted octanol–water partition coefficient (Wildman–Crippen LogP) is 4.12. The summed E-state index contributed by atoms with van der Waals surface area (Å²) in [5.41, 5.74) is 2.60. The number of ether oxygens (including phenoxy) is 1. The molecule has 0 radical (unpaired) electrons. The summed E-state index contributed by atoms with van der Waals surface area (Å²) < 4.78 is 5.45. The van der Waals surface area contributed by atoms with Crippen molar-refractivity contribution in [2.24, 2.45) is 0 Å². The largest absolute Gasteiger partial charge is 0.370 e. The molecule has 7 nitrogen and oxygen atoms in total. The standard InChI is InChI=1S/C22H25N5O2/c1-3-23-20-13-21(25-16(2)24-20)26-18-9-11-19(12-10-18)27-22(28)15-29-14-17-7-5-4-6-8-17/h4-13H,3,14-15H2,1-2H3,(H,27,28)(H2,23,24,25,26). The Kier molecular flexibility index (Phi) is 7.13. The highest BCUT2D eigenvalue weighted by Gasteiger charge is 2.05. The van der Waals surface area contributed by atoms with Crippen molar-refractivity contribution in [3.8, 4) is 0 Å².